The monoisotopic (exact) mass is 472 g/mol. The number of aromatic hydroxyl groups is 1. The SMILES string of the molecule is CCOCCNC(=O)c1c(O)c2ncc(Cc3ccc(F)cc3)cc2n(CCNC(=O)O)c1=O. The van der Waals surface area contributed by atoms with Crippen molar-refractivity contribution in [3.05, 3.63) is 69.4 Å². The molecule has 0 aliphatic heterocycles. The van der Waals surface area contributed by atoms with Gasteiger partial charge in [-0.3, -0.25) is 14.6 Å². The Kier molecular flexibility index (Phi) is 8.14. The summed E-state index contributed by atoms with van der Waals surface area (Å²) in [7, 11) is 0. The molecule has 0 spiro atoms. The number of pyridine rings is 2. The van der Waals surface area contributed by atoms with Gasteiger partial charge in [-0.15, -0.1) is 0 Å². The number of hydrogen-bond acceptors (Lipinski definition) is 6. The summed E-state index contributed by atoms with van der Waals surface area (Å²) in [6.45, 7) is 2.43. The summed E-state index contributed by atoms with van der Waals surface area (Å²) in [4.78, 5) is 41.0. The third kappa shape index (κ3) is 5.87. The third-order valence-electron chi connectivity index (χ3n) is 5.03. The summed E-state index contributed by atoms with van der Waals surface area (Å²) in [5.41, 5.74) is 0.461. The van der Waals surface area contributed by atoms with Crippen LogP contribution in [0.3, 0.4) is 0 Å². The number of nitrogens with zero attached hydrogens (tertiary/aromatic N) is 2. The molecule has 180 valence electrons. The first-order valence-electron chi connectivity index (χ1n) is 10.6. The minimum Gasteiger partial charge on any atom is -0.505 e. The van der Waals surface area contributed by atoms with Crippen molar-refractivity contribution in [1.82, 2.24) is 20.2 Å². The van der Waals surface area contributed by atoms with Crippen LogP contribution in [0, 0.1) is 5.82 Å². The lowest BCUT2D eigenvalue weighted by molar-refractivity contribution is 0.0918. The highest BCUT2D eigenvalue weighted by molar-refractivity contribution is 6.01. The zero-order valence-electron chi connectivity index (χ0n) is 18.5. The van der Waals surface area contributed by atoms with Crippen LogP contribution < -0.4 is 16.2 Å². The van der Waals surface area contributed by atoms with Gasteiger partial charge in [-0.2, -0.15) is 0 Å². The van der Waals surface area contributed by atoms with Gasteiger partial charge in [-0.05, 0) is 42.7 Å². The first kappa shape index (κ1) is 24.6. The zero-order valence-corrected chi connectivity index (χ0v) is 18.5. The number of hydrogen-bond donors (Lipinski definition) is 4. The van der Waals surface area contributed by atoms with Gasteiger partial charge in [0, 0.05) is 32.4 Å². The van der Waals surface area contributed by atoms with Crippen molar-refractivity contribution in [2.45, 2.75) is 19.9 Å². The average Bonchev–Trinajstić information content (AvgIpc) is 2.80. The van der Waals surface area contributed by atoms with E-state index in [9.17, 15) is 23.9 Å². The highest BCUT2D eigenvalue weighted by atomic mass is 19.1. The predicted molar refractivity (Wildman–Crippen MR) is 122 cm³/mol. The summed E-state index contributed by atoms with van der Waals surface area (Å²) >= 11 is 0. The number of ether oxygens (including phenoxy) is 1. The van der Waals surface area contributed by atoms with Crippen molar-refractivity contribution in [2.75, 3.05) is 26.3 Å². The molecular formula is C23H25FN4O6. The van der Waals surface area contributed by atoms with Crippen molar-refractivity contribution in [1.29, 1.82) is 0 Å². The number of nitrogens with one attached hydrogen (secondary N) is 2. The number of carbonyl (C=O) groups is 2. The van der Waals surface area contributed by atoms with Crippen molar-refractivity contribution in [3.8, 4) is 5.75 Å². The van der Waals surface area contributed by atoms with E-state index in [1.807, 2.05) is 0 Å². The normalized spacial score (nSPS) is 10.9. The molecule has 0 saturated heterocycles. The van der Waals surface area contributed by atoms with E-state index >= 15 is 0 Å². The van der Waals surface area contributed by atoms with Crippen LogP contribution >= 0.6 is 0 Å². The number of aromatic nitrogens is 2. The van der Waals surface area contributed by atoms with Gasteiger partial charge in [0.25, 0.3) is 11.5 Å². The van der Waals surface area contributed by atoms with Crippen LogP contribution in [0.4, 0.5) is 9.18 Å². The minimum atomic E-state index is -1.26. The number of rotatable bonds is 10. The Bertz CT molecular complexity index is 1240. The molecule has 1 aromatic carbocycles. The van der Waals surface area contributed by atoms with Crippen molar-refractivity contribution >= 4 is 23.0 Å². The number of fused-ring (bicyclic) bond motifs is 1. The number of halogens is 1. The number of benzene rings is 1. The molecule has 2 heterocycles. The average molecular weight is 472 g/mol. The second-order valence-corrected chi connectivity index (χ2v) is 7.38. The van der Waals surface area contributed by atoms with Crippen LogP contribution in [0.15, 0.2) is 41.3 Å². The molecule has 0 aliphatic carbocycles. The molecule has 2 amide bonds. The molecule has 11 heteroatoms. The van der Waals surface area contributed by atoms with Gasteiger partial charge >= 0.3 is 6.09 Å². The van der Waals surface area contributed by atoms with Crippen LogP contribution in [0.2, 0.25) is 0 Å². The second-order valence-electron chi connectivity index (χ2n) is 7.38. The maximum absolute atomic E-state index is 13.2. The fourth-order valence-electron chi connectivity index (χ4n) is 3.45. The smallest absolute Gasteiger partial charge is 0.404 e. The Balaban J connectivity index is 2.03. The topological polar surface area (TPSA) is 143 Å². The summed E-state index contributed by atoms with van der Waals surface area (Å²) < 4.78 is 19.6. The van der Waals surface area contributed by atoms with Crippen LogP contribution in [0.1, 0.15) is 28.4 Å². The fraction of sp³-hybridized carbons (Fsp3) is 0.304. The lowest BCUT2D eigenvalue weighted by Crippen LogP contribution is -2.37. The predicted octanol–water partition coefficient (Wildman–Crippen LogP) is 1.87. The van der Waals surface area contributed by atoms with Gasteiger partial charge in [0.1, 0.15) is 16.9 Å². The standard InChI is InChI=1S/C23H25FN4O6/c1-2-34-10-8-25-21(30)18-20(29)19-17(28(22(18)31)9-7-26-23(32)33)12-15(13-27-19)11-14-3-5-16(24)6-4-14/h3-6,12-13,26,29H,2,7-11H2,1H3,(H,25,30)(H,32,33). The van der Waals surface area contributed by atoms with Crippen LogP contribution in [0.5, 0.6) is 5.75 Å². The lowest BCUT2D eigenvalue weighted by Gasteiger charge is -2.15. The van der Waals surface area contributed by atoms with Gasteiger partial charge in [-0.1, -0.05) is 12.1 Å². The molecule has 2 aromatic heterocycles. The molecule has 0 unspecified atom stereocenters. The molecule has 34 heavy (non-hydrogen) atoms. The van der Waals surface area contributed by atoms with Crippen molar-refractivity contribution < 1.29 is 28.9 Å². The maximum atomic E-state index is 13.2. The van der Waals surface area contributed by atoms with Gasteiger partial charge in [0.15, 0.2) is 5.75 Å². The van der Waals surface area contributed by atoms with E-state index in [1.165, 1.54) is 22.9 Å². The third-order valence-corrected chi connectivity index (χ3v) is 5.03. The Labute approximate surface area is 194 Å². The molecular weight excluding hydrogens is 447 g/mol. The second kappa shape index (κ2) is 11.2. The minimum absolute atomic E-state index is 0.0211. The molecule has 3 aromatic rings. The number of amides is 2. The van der Waals surface area contributed by atoms with Gasteiger partial charge in [0.2, 0.25) is 0 Å². The summed E-state index contributed by atoms with van der Waals surface area (Å²) in [5.74, 6) is -1.72. The van der Waals surface area contributed by atoms with E-state index in [-0.39, 0.29) is 43.1 Å². The van der Waals surface area contributed by atoms with E-state index in [2.05, 4.69) is 15.6 Å². The number of carbonyl (C=O) groups excluding carboxylic acids is 1. The fourth-order valence-corrected chi connectivity index (χ4v) is 3.45. The lowest BCUT2D eigenvalue weighted by atomic mass is 10.1. The van der Waals surface area contributed by atoms with Crippen molar-refractivity contribution in [3.63, 3.8) is 0 Å². The van der Waals surface area contributed by atoms with Crippen molar-refractivity contribution in [2.24, 2.45) is 0 Å². The largest absolute Gasteiger partial charge is 0.505 e. The molecule has 0 atom stereocenters. The molecule has 0 radical (unpaired) electrons. The Morgan fingerprint density at radius 2 is 1.88 bits per heavy atom. The molecule has 10 nitrogen and oxygen atoms in total. The van der Waals surface area contributed by atoms with Crippen LogP contribution in [-0.2, 0) is 17.7 Å². The highest BCUT2D eigenvalue weighted by Gasteiger charge is 2.23. The Morgan fingerprint density at radius 1 is 1.15 bits per heavy atom. The molecule has 3 rings (SSSR count). The highest BCUT2D eigenvalue weighted by Crippen LogP contribution is 2.26. The van der Waals surface area contributed by atoms with Crippen LogP contribution in [-0.4, -0.2) is 58.1 Å². The summed E-state index contributed by atoms with van der Waals surface area (Å²) in [6, 6.07) is 7.54. The van der Waals surface area contributed by atoms with Gasteiger partial charge < -0.3 is 30.2 Å². The summed E-state index contributed by atoms with van der Waals surface area (Å²) in [6.07, 6.45) is 0.609. The Hall–Kier alpha value is -3.99. The van der Waals surface area contributed by atoms with E-state index in [0.717, 1.165) is 5.56 Å². The molecule has 0 saturated carbocycles. The molecule has 4 N–H and O–H groups in total. The van der Waals surface area contributed by atoms with Crippen LogP contribution in [0.25, 0.3) is 11.0 Å². The van der Waals surface area contributed by atoms with Gasteiger partial charge in [-0.25, -0.2) is 9.18 Å². The quantitative estimate of drug-likeness (QED) is 0.330. The molecule has 0 fully saturated rings. The van der Waals surface area contributed by atoms with E-state index in [1.54, 1.807) is 25.1 Å². The van der Waals surface area contributed by atoms with E-state index in [0.29, 0.717) is 18.6 Å². The maximum Gasteiger partial charge on any atom is 0.404 e. The molecule has 0 bridgehead atoms. The summed E-state index contributed by atoms with van der Waals surface area (Å²) in [5, 5.41) is 24.3. The van der Waals surface area contributed by atoms with Gasteiger partial charge in [0.05, 0.1) is 12.1 Å². The Morgan fingerprint density at radius 3 is 2.56 bits per heavy atom. The molecule has 0 aliphatic rings. The zero-order chi connectivity index (χ0) is 24.7. The van der Waals surface area contributed by atoms with E-state index < -0.39 is 28.9 Å². The first-order chi connectivity index (χ1) is 16.3. The van der Waals surface area contributed by atoms with E-state index in [4.69, 9.17) is 9.84 Å². The first-order valence-corrected chi connectivity index (χ1v) is 10.6. The number of carboxylic acid groups (broad SMARTS) is 1.